The largest absolute Gasteiger partial charge is 0.298 e. The molecule has 4 heteroatoms. The summed E-state index contributed by atoms with van der Waals surface area (Å²) < 4.78 is 39.3. The van der Waals surface area contributed by atoms with Crippen LogP contribution in [0.1, 0.15) is 10.4 Å². The normalized spacial score (nSPS) is 10.3. The lowest BCUT2D eigenvalue weighted by atomic mass is 10.00. The molecular formula is C13H7F3O. The van der Waals surface area contributed by atoms with E-state index in [9.17, 15) is 18.0 Å². The van der Waals surface area contributed by atoms with Crippen LogP contribution in [-0.2, 0) is 0 Å². The molecule has 0 spiro atoms. The Morgan fingerprint density at radius 2 is 1.47 bits per heavy atom. The number of halogens is 3. The molecule has 0 amide bonds. The number of benzene rings is 2. The van der Waals surface area contributed by atoms with Crippen LogP contribution in [0.2, 0.25) is 0 Å². The van der Waals surface area contributed by atoms with E-state index in [4.69, 9.17) is 0 Å². The van der Waals surface area contributed by atoms with Crippen molar-refractivity contribution in [1.82, 2.24) is 0 Å². The zero-order chi connectivity index (χ0) is 12.4. The topological polar surface area (TPSA) is 17.1 Å². The van der Waals surface area contributed by atoms with Gasteiger partial charge >= 0.3 is 0 Å². The molecule has 0 N–H and O–H groups in total. The molecule has 0 unspecified atom stereocenters. The highest BCUT2D eigenvalue weighted by molar-refractivity contribution is 5.87. The minimum atomic E-state index is -1.25. The van der Waals surface area contributed by atoms with Gasteiger partial charge in [-0.3, -0.25) is 4.79 Å². The Morgan fingerprint density at radius 3 is 2.18 bits per heavy atom. The number of aldehydes is 1. The molecule has 17 heavy (non-hydrogen) atoms. The van der Waals surface area contributed by atoms with Crippen molar-refractivity contribution in [3.8, 4) is 11.1 Å². The zero-order valence-corrected chi connectivity index (χ0v) is 8.58. The van der Waals surface area contributed by atoms with Crippen LogP contribution in [0.5, 0.6) is 0 Å². The van der Waals surface area contributed by atoms with Crippen LogP contribution < -0.4 is 0 Å². The standard InChI is InChI=1S/C13H7F3O/c14-11-6-13(16)12(15)5-10(11)9-4-2-1-3-8(9)7-17/h1-7H. The van der Waals surface area contributed by atoms with Gasteiger partial charge in [0.1, 0.15) is 5.82 Å². The van der Waals surface area contributed by atoms with Crippen molar-refractivity contribution in [3.63, 3.8) is 0 Å². The van der Waals surface area contributed by atoms with E-state index >= 15 is 0 Å². The highest BCUT2D eigenvalue weighted by Crippen LogP contribution is 2.27. The summed E-state index contributed by atoms with van der Waals surface area (Å²) in [5.74, 6) is -3.31. The predicted octanol–water partition coefficient (Wildman–Crippen LogP) is 3.58. The second kappa shape index (κ2) is 4.41. The summed E-state index contributed by atoms with van der Waals surface area (Å²) >= 11 is 0. The molecule has 0 fully saturated rings. The third kappa shape index (κ3) is 2.06. The van der Waals surface area contributed by atoms with Crippen molar-refractivity contribution >= 4 is 6.29 Å². The monoisotopic (exact) mass is 236 g/mol. The Morgan fingerprint density at radius 1 is 0.824 bits per heavy atom. The molecule has 2 aromatic carbocycles. The average Bonchev–Trinajstić information content (AvgIpc) is 2.34. The van der Waals surface area contributed by atoms with E-state index in [1.54, 1.807) is 12.1 Å². The third-order valence-corrected chi connectivity index (χ3v) is 2.39. The van der Waals surface area contributed by atoms with Gasteiger partial charge in [0.05, 0.1) is 0 Å². The first-order valence-electron chi connectivity index (χ1n) is 4.82. The van der Waals surface area contributed by atoms with Crippen LogP contribution in [0.3, 0.4) is 0 Å². The summed E-state index contributed by atoms with van der Waals surface area (Å²) in [6.07, 6.45) is 0.538. The summed E-state index contributed by atoms with van der Waals surface area (Å²) in [4.78, 5) is 10.8. The number of hydrogen-bond acceptors (Lipinski definition) is 1. The number of rotatable bonds is 2. The maximum Gasteiger partial charge on any atom is 0.161 e. The highest BCUT2D eigenvalue weighted by atomic mass is 19.2. The van der Waals surface area contributed by atoms with Crippen molar-refractivity contribution in [2.75, 3.05) is 0 Å². The number of carbonyl (C=O) groups excluding carboxylic acids is 1. The minimum Gasteiger partial charge on any atom is -0.298 e. The van der Waals surface area contributed by atoms with Gasteiger partial charge in [-0.1, -0.05) is 24.3 Å². The summed E-state index contributed by atoms with van der Waals surface area (Å²) in [5, 5.41) is 0. The summed E-state index contributed by atoms with van der Waals surface area (Å²) in [6, 6.07) is 7.34. The lowest BCUT2D eigenvalue weighted by Gasteiger charge is -2.06. The average molecular weight is 236 g/mol. The van der Waals surface area contributed by atoms with Crippen molar-refractivity contribution in [2.45, 2.75) is 0 Å². The van der Waals surface area contributed by atoms with Crippen LogP contribution in [0, 0.1) is 17.5 Å². The molecule has 0 atom stereocenters. The minimum absolute atomic E-state index is 0.133. The van der Waals surface area contributed by atoms with Crippen molar-refractivity contribution < 1.29 is 18.0 Å². The second-order valence-corrected chi connectivity index (χ2v) is 3.45. The Kier molecular flexibility index (Phi) is 2.95. The number of hydrogen-bond donors (Lipinski definition) is 0. The van der Waals surface area contributed by atoms with Crippen molar-refractivity contribution in [2.24, 2.45) is 0 Å². The van der Waals surface area contributed by atoms with Crippen molar-refractivity contribution in [3.05, 3.63) is 59.4 Å². The van der Waals surface area contributed by atoms with E-state index in [1.807, 2.05) is 0 Å². The fraction of sp³-hybridized carbons (Fsp3) is 0. The van der Waals surface area contributed by atoms with Crippen LogP contribution in [0.4, 0.5) is 13.2 Å². The van der Waals surface area contributed by atoms with Crippen molar-refractivity contribution in [1.29, 1.82) is 0 Å². The molecule has 0 aromatic heterocycles. The van der Waals surface area contributed by atoms with E-state index in [1.165, 1.54) is 12.1 Å². The molecule has 0 bridgehead atoms. The smallest absolute Gasteiger partial charge is 0.161 e. The fourth-order valence-corrected chi connectivity index (χ4v) is 1.57. The third-order valence-electron chi connectivity index (χ3n) is 2.39. The number of carbonyl (C=O) groups is 1. The van der Waals surface area contributed by atoms with Crippen LogP contribution >= 0.6 is 0 Å². The van der Waals surface area contributed by atoms with Crippen LogP contribution in [0.25, 0.3) is 11.1 Å². The van der Waals surface area contributed by atoms with E-state index in [-0.39, 0.29) is 16.7 Å². The summed E-state index contributed by atoms with van der Waals surface area (Å²) in [7, 11) is 0. The molecular weight excluding hydrogens is 229 g/mol. The van der Waals surface area contributed by atoms with Crippen LogP contribution in [0.15, 0.2) is 36.4 Å². The lowest BCUT2D eigenvalue weighted by Crippen LogP contribution is -1.94. The van der Waals surface area contributed by atoms with Gasteiger partial charge in [0.25, 0.3) is 0 Å². The summed E-state index contributed by atoms with van der Waals surface area (Å²) in [5.41, 5.74) is 0.322. The Bertz CT molecular complexity index is 579. The van der Waals surface area contributed by atoms with Gasteiger partial charge in [-0.2, -0.15) is 0 Å². The quantitative estimate of drug-likeness (QED) is 0.575. The maximum absolute atomic E-state index is 13.5. The van der Waals surface area contributed by atoms with Gasteiger partial charge in [0, 0.05) is 17.2 Å². The molecule has 1 nitrogen and oxygen atoms in total. The van der Waals surface area contributed by atoms with Gasteiger partial charge in [0.15, 0.2) is 17.9 Å². The summed E-state index contributed by atoms with van der Waals surface area (Å²) in [6.45, 7) is 0. The Balaban J connectivity index is 2.68. The van der Waals surface area contributed by atoms with Gasteiger partial charge in [0.2, 0.25) is 0 Å². The first-order chi connectivity index (χ1) is 8.13. The first-order valence-corrected chi connectivity index (χ1v) is 4.82. The Labute approximate surface area is 95.5 Å². The van der Waals surface area contributed by atoms with E-state index in [2.05, 4.69) is 0 Å². The molecule has 0 heterocycles. The lowest BCUT2D eigenvalue weighted by molar-refractivity contribution is 0.112. The van der Waals surface area contributed by atoms with E-state index < -0.39 is 17.5 Å². The maximum atomic E-state index is 13.5. The Hall–Kier alpha value is -2.10. The van der Waals surface area contributed by atoms with E-state index in [0.717, 1.165) is 6.07 Å². The van der Waals surface area contributed by atoms with Gasteiger partial charge in [-0.05, 0) is 11.6 Å². The zero-order valence-electron chi connectivity index (χ0n) is 8.58. The molecule has 2 rings (SSSR count). The predicted molar refractivity (Wildman–Crippen MR) is 57.1 cm³/mol. The molecule has 0 aliphatic carbocycles. The highest BCUT2D eigenvalue weighted by Gasteiger charge is 2.13. The first kappa shape index (κ1) is 11.4. The fourth-order valence-electron chi connectivity index (χ4n) is 1.57. The van der Waals surface area contributed by atoms with Gasteiger partial charge in [-0.15, -0.1) is 0 Å². The van der Waals surface area contributed by atoms with Gasteiger partial charge < -0.3 is 0 Å². The molecule has 0 aliphatic heterocycles. The molecule has 0 aliphatic rings. The second-order valence-electron chi connectivity index (χ2n) is 3.45. The molecule has 2 aromatic rings. The van der Waals surface area contributed by atoms with E-state index in [0.29, 0.717) is 12.4 Å². The van der Waals surface area contributed by atoms with Crippen LogP contribution in [-0.4, -0.2) is 6.29 Å². The SMILES string of the molecule is O=Cc1ccccc1-c1cc(F)c(F)cc1F. The molecule has 86 valence electrons. The van der Waals surface area contributed by atoms with Gasteiger partial charge in [-0.25, -0.2) is 13.2 Å². The molecule has 0 saturated carbocycles. The molecule has 0 radical (unpaired) electrons. The molecule has 0 saturated heterocycles.